The molecule has 3 N–H and O–H groups in total. The van der Waals surface area contributed by atoms with Crippen molar-refractivity contribution < 1.29 is 23.1 Å². The second-order valence-corrected chi connectivity index (χ2v) is 5.52. The predicted molar refractivity (Wildman–Crippen MR) is 84.5 cm³/mol. The standard InChI is InChI=1S/C17H15F2N3O3/c1-9(16(23)10-4-5-11(18)12(19)7-10)20-17(24)14-8-13(21-22-14)15-3-2-6-25-15/h2-9,16,23H,1H3,(H,20,24)(H,21,22). The fourth-order valence-electron chi connectivity index (χ4n) is 2.34. The lowest BCUT2D eigenvalue weighted by Gasteiger charge is -2.20. The topological polar surface area (TPSA) is 91.2 Å². The van der Waals surface area contributed by atoms with Crippen LogP contribution in [-0.2, 0) is 0 Å². The van der Waals surface area contributed by atoms with Gasteiger partial charge in [0.15, 0.2) is 23.1 Å². The number of benzene rings is 1. The van der Waals surface area contributed by atoms with E-state index in [2.05, 4.69) is 15.5 Å². The second-order valence-electron chi connectivity index (χ2n) is 5.52. The highest BCUT2D eigenvalue weighted by Gasteiger charge is 2.22. The molecule has 2 heterocycles. The average molecular weight is 347 g/mol. The van der Waals surface area contributed by atoms with Crippen molar-refractivity contribution in [1.29, 1.82) is 0 Å². The molecule has 130 valence electrons. The Balaban J connectivity index is 1.68. The third-order valence-corrected chi connectivity index (χ3v) is 3.71. The summed E-state index contributed by atoms with van der Waals surface area (Å²) in [5.41, 5.74) is 0.796. The van der Waals surface area contributed by atoms with Gasteiger partial charge in [-0.2, -0.15) is 5.10 Å². The number of furan rings is 1. The summed E-state index contributed by atoms with van der Waals surface area (Å²) in [5.74, 6) is -2.07. The van der Waals surface area contributed by atoms with E-state index in [4.69, 9.17) is 4.42 Å². The number of hydrogen-bond donors (Lipinski definition) is 3. The fourth-order valence-corrected chi connectivity index (χ4v) is 2.34. The highest BCUT2D eigenvalue weighted by atomic mass is 19.2. The van der Waals surface area contributed by atoms with Crippen LogP contribution in [0.15, 0.2) is 47.1 Å². The first-order chi connectivity index (χ1) is 12.0. The number of carbonyl (C=O) groups excluding carboxylic acids is 1. The van der Waals surface area contributed by atoms with Gasteiger partial charge in [0, 0.05) is 6.07 Å². The van der Waals surface area contributed by atoms with Crippen molar-refractivity contribution in [2.24, 2.45) is 0 Å². The van der Waals surface area contributed by atoms with Crippen LogP contribution in [0.4, 0.5) is 8.78 Å². The van der Waals surface area contributed by atoms with E-state index in [-0.39, 0.29) is 11.3 Å². The fraction of sp³-hybridized carbons (Fsp3) is 0.176. The lowest BCUT2D eigenvalue weighted by Crippen LogP contribution is -2.37. The Morgan fingerprint density at radius 3 is 2.76 bits per heavy atom. The number of aromatic nitrogens is 2. The van der Waals surface area contributed by atoms with Crippen molar-refractivity contribution in [3.8, 4) is 11.5 Å². The molecule has 0 saturated carbocycles. The first-order valence-electron chi connectivity index (χ1n) is 7.49. The van der Waals surface area contributed by atoms with E-state index in [9.17, 15) is 18.7 Å². The van der Waals surface area contributed by atoms with Gasteiger partial charge in [0.05, 0.1) is 18.4 Å². The molecule has 2 unspecified atom stereocenters. The molecule has 0 saturated heterocycles. The van der Waals surface area contributed by atoms with E-state index in [1.807, 2.05) is 0 Å². The minimum absolute atomic E-state index is 0.107. The Labute approximate surface area is 141 Å². The summed E-state index contributed by atoms with van der Waals surface area (Å²) in [4.78, 5) is 12.2. The molecule has 8 heteroatoms. The van der Waals surface area contributed by atoms with Crippen molar-refractivity contribution in [2.75, 3.05) is 0 Å². The Morgan fingerprint density at radius 2 is 2.08 bits per heavy atom. The number of rotatable bonds is 5. The number of carbonyl (C=O) groups is 1. The van der Waals surface area contributed by atoms with Crippen LogP contribution in [0.2, 0.25) is 0 Å². The van der Waals surface area contributed by atoms with Crippen molar-refractivity contribution in [1.82, 2.24) is 15.5 Å². The average Bonchev–Trinajstić information content (AvgIpc) is 3.27. The zero-order chi connectivity index (χ0) is 18.0. The molecule has 2 atom stereocenters. The highest BCUT2D eigenvalue weighted by Crippen LogP contribution is 2.21. The predicted octanol–water partition coefficient (Wildman–Crippen LogP) is 2.80. The summed E-state index contributed by atoms with van der Waals surface area (Å²) in [7, 11) is 0. The molecular weight excluding hydrogens is 332 g/mol. The molecule has 2 aromatic heterocycles. The number of hydrogen-bond acceptors (Lipinski definition) is 4. The van der Waals surface area contributed by atoms with Gasteiger partial charge < -0.3 is 14.8 Å². The SMILES string of the molecule is CC(NC(=O)c1cc(-c2ccco2)[nH]n1)C(O)c1ccc(F)c(F)c1. The lowest BCUT2D eigenvalue weighted by molar-refractivity contribution is 0.0846. The Kier molecular flexibility index (Phi) is 4.62. The molecule has 1 amide bonds. The van der Waals surface area contributed by atoms with Crippen molar-refractivity contribution >= 4 is 5.91 Å². The van der Waals surface area contributed by atoms with E-state index in [1.165, 1.54) is 18.4 Å². The van der Waals surface area contributed by atoms with E-state index in [1.54, 1.807) is 19.1 Å². The van der Waals surface area contributed by atoms with Gasteiger partial charge in [0.25, 0.3) is 5.91 Å². The van der Waals surface area contributed by atoms with Crippen molar-refractivity contribution in [3.63, 3.8) is 0 Å². The quantitative estimate of drug-likeness (QED) is 0.662. The summed E-state index contributed by atoms with van der Waals surface area (Å²) in [6.07, 6.45) is 0.290. The summed E-state index contributed by atoms with van der Waals surface area (Å²) < 4.78 is 31.4. The number of aliphatic hydroxyl groups excluding tert-OH is 1. The minimum Gasteiger partial charge on any atom is -0.463 e. The molecule has 25 heavy (non-hydrogen) atoms. The van der Waals surface area contributed by atoms with Gasteiger partial charge in [-0.15, -0.1) is 0 Å². The van der Waals surface area contributed by atoms with Crippen LogP contribution < -0.4 is 5.32 Å². The van der Waals surface area contributed by atoms with Crippen LogP contribution in [0.3, 0.4) is 0 Å². The van der Waals surface area contributed by atoms with Crippen LogP contribution in [0.1, 0.15) is 29.1 Å². The number of nitrogens with zero attached hydrogens (tertiary/aromatic N) is 1. The molecule has 0 aliphatic carbocycles. The van der Waals surface area contributed by atoms with Crippen LogP contribution in [0.25, 0.3) is 11.5 Å². The first-order valence-corrected chi connectivity index (χ1v) is 7.49. The molecule has 1 aromatic carbocycles. The van der Waals surface area contributed by atoms with Crippen LogP contribution in [0, 0.1) is 11.6 Å². The molecule has 0 aliphatic rings. The number of amides is 1. The Bertz CT molecular complexity index is 877. The Morgan fingerprint density at radius 1 is 1.28 bits per heavy atom. The first kappa shape index (κ1) is 16.8. The van der Waals surface area contributed by atoms with E-state index in [0.717, 1.165) is 12.1 Å². The van der Waals surface area contributed by atoms with Gasteiger partial charge in [-0.25, -0.2) is 8.78 Å². The van der Waals surface area contributed by atoms with E-state index < -0.39 is 29.7 Å². The zero-order valence-electron chi connectivity index (χ0n) is 13.2. The normalized spacial score (nSPS) is 13.4. The summed E-state index contributed by atoms with van der Waals surface area (Å²) in [5, 5.41) is 19.4. The number of aromatic amines is 1. The van der Waals surface area contributed by atoms with Gasteiger partial charge >= 0.3 is 0 Å². The number of H-pyrrole nitrogens is 1. The van der Waals surface area contributed by atoms with Crippen molar-refractivity contribution in [2.45, 2.75) is 19.1 Å². The lowest BCUT2D eigenvalue weighted by atomic mass is 10.0. The number of halogens is 2. The van der Waals surface area contributed by atoms with Crippen molar-refractivity contribution in [3.05, 3.63) is 65.6 Å². The highest BCUT2D eigenvalue weighted by molar-refractivity contribution is 5.93. The molecule has 0 fully saturated rings. The molecule has 0 bridgehead atoms. The molecule has 6 nitrogen and oxygen atoms in total. The van der Waals surface area contributed by atoms with E-state index in [0.29, 0.717) is 11.5 Å². The maximum absolute atomic E-state index is 13.3. The smallest absolute Gasteiger partial charge is 0.272 e. The van der Waals surface area contributed by atoms with Gasteiger partial charge in [-0.1, -0.05) is 6.07 Å². The van der Waals surface area contributed by atoms with Crippen LogP contribution >= 0.6 is 0 Å². The third kappa shape index (κ3) is 3.58. The Hall–Kier alpha value is -3.00. The van der Waals surface area contributed by atoms with Gasteiger partial charge in [-0.05, 0) is 36.8 Å². The molecule has 0 spiro atoms. The van der Waals surface area contributed by atoms with E-state index >= 15 is 0 Å². The minimum atomic E-state index is -1.21. The van der Waals surface area contributed by atoms with Crippen LogP contribution in [-0.4, -0.2) is 27.3 Å². The molecular formula is C17H15F2N3O3. The number of aliphatic hydroxyl groups is 1. The molecule has 0 aliphatic heterocycles. The maximum Gasteiger partial charge on any atom is 0.272 e. The molecule has 3 aromatic rings. The molecule has 3 rings (SSSR count). The monoisotopic (exact) mass is 347 g/mol. The number of nitrogens with one attached hydrogen (secondary N) is 2. The van der Waals surface area contributed by atoms with Gasteiger partial charge in [-0.3, -0.25) is 9.89 Å². The van der Waals surface area contributed by atoms with Crippen LogP contribution in [0.5, 0.6) is 0 Å². The summed E-state index contributed by atoms with van der Waals surface area (Å²) in [6.45, 7) is 1.55. The third-order valence-electron chi connectivity index (χ3n) is 3.71. The largest absolute Gasteiger partial charge is 0.463 e. The van der Waals surface area contributed by atoms with Gasteiger partial charge in [0.2, 0.25) is 0 Å². The summed E-state index contributed by atoms with van der Waals surface area (Å²) in [6, 6.07) is 7.25. The summed E-state index contributed by atoms with van der Waals surface area (Å²) >= 11 is 0. The zero-order valence-corrected chi connectivity index (χ0v) is 13.2. The van der Waals surface area contributed by atoms with Gasteiger partial charge in [0.1, 0.15) is 5.69 Å². The maximum atomic E-state index is 13.3. The second kappa shape index (κ2) is 6.86. The molecule has 0 radical (unpaired) electrons.